The van der Waals surface area contributed by atoms with E-state index >= 15 is 0 Å². The van der Waals surface area contributed by atoms with Gasteiger partial charge in [-0.15, -0.1) is 0 Å². The average molecular weight is 274 g/mol. The van der Waals surface area contributed by atoms with Crippen LogP contribution in [0.1, 0.15) is 45.9 Å². The molecule has 0 fully saturated rings. The fourth-order valence-electron chi connectivity index (χ4n) is 1.67. The Kier molecular flexibility index (Phi) is 4.41. The van der Waals surface area contributed by atoms with E-state index in [1.54, 1.807) is 6.26 Å². The largest absolute Gasteiger partial charge is 0.466 e. The zero-order valence-corrected chi connectivity index (χ0v) is 11.5. The van der Waals surface area contributed by atoms with Gasteiger partial charge >= 0.3 is 0 Å². The fourth-order valence-corrected chi connectivity index (χ4v) is 2.15. The highest BCUT2D eigenvalue weighted by Gasteiger charge is 2.23. The molecule has 1 aromatic rings. The van der Waals surface area contributed by atoms with E-state index in [1.807, 2.05) is 6.07 Å². The fraction of sp³-hybridized carbons (Fsp3) is 0.667. The molecule has 2 nitrogen and oxygen atoms in total. The van der Waals surface area contributed by atoms with Gasteiger partial charge < -0.3 is 9.73 Å². The van der Waals surface area contributed by atoms with Gasteiger partial charge in [0.1, 0.15) is 5.76 Å². The van der Waals surface area contributed by atoms with Gasteiger partial charge in [0.25, 0.3) is 0 Å². The van der Waals surface area contributed by atoms with Gasteiger partial charge in [0, 0.05) is 0 Å². The summed E-state index contributed by atoms with van der Waals surface area (Å²) in [4.78, 5) is 0. The van der Waals surface area contributed by atoms with E-state index in [4.69, 9.17) is 4.42 Å². The predicted molar refractivity (Wildman–Crippen MR) is 66.9 cm³/mol. The quantitative estimate of drug-likeness (QED) is 0.893. The van der Waals surface area contributed by atoms with Crippen molar-refractivity contribution in [2.24, 2.45) is 5.41 Å². The van der Waals surface area contributed by atoms with Crippen LogP contribution in [-0.2, 0) is 0 Å². The number of rotatable bonds is 4. The molecule has 1 atom stereocenters. The summed E-state index contributed by atoms with van der Waals surface area (Å²) >= 11 is 3.51. The summed E-state index contributed by atoms with van der Waals surface area (Å²) in [6.45, 7) is 9.80. The molecule has 0 saturated heterocycles. The number of furan rings is 1. The molecule has 0 aliphatic carbocycles. The molecular formula is C12H20BrNO. The lowest BCUT2D eigenvalue weighted by Gasteiger charge is -2.25. The lowest BCUT2D eigenvalue weighted by molar-refractivity contribution is 0.285. The molecule has 0 amide bonds. The molecular weight excluding hydrogens is 254 g/mol. The molecule has 0 saturated carbocycles. The summed E-state index contributed by atoms with van der Waals surface area (Å²) in [5, 5.41) is 3.46. The van der Waals surface area contributed by atoms with Gasteiger partial charge in [0.2, 0.25) is 0 Å². The number of nitrogens with one attached hydrogen (secondary N) is 1. The Morgan fingerprint density at radius 1 is 1.47 bits per heavy atom. The standard InChI is InChI=1S/C12H20BrNO/c1-5-14-10(8-12(2,3)4)11-9(13)6-7-15-11/h6-7,10,14H,5,8H2,1-4H3. The van der Waals surface area contributed by atoms with Crippen LogP contribution < -0.4 is 5.32 Å². The SMILES string of the molecule is CCNC(CC(C)(C)C)c1occc1Br. The van der Waals surface area contributed by atoms with Crippen LogP contribution in [0.4, 0.5) is 0 Å². The van der Waals surface area contributed by atoms with Crippen LogP contribution in [0.3, 0.4) is 0 Å². The van der Waals surface area contributed by atoms with Crippen molar-refractivity contribution >= 4 is 15.9 Å². The van der Waals surface area contributed by atoms with E-state index in [0.29, 0.717) is 11.5 Å². The van der Waals surface area contributed by atoms with Gasteiger partial charge in [-0.05, 0) is 40.4 Å². The molecule has 1 rings (SSSR count). The third-order valence-electron chi connectivity index (χ3n) is 2.23. The zero-order chi connectivity index (χ0) is 11.5. The third kappa shape index (κ3) is 3.99. The topological polar surface area (TPSA) is 25.2 Å². The summed E-state index contributed by atoms with van der Waals surface area (Å²) in [6.07, 6.45) is 2.79. The minimum atomic E-state index is 0.291. The number of hydrogen-bond donors (Lipinski definition) is 1. The Bertz CT molecular complexity index is 301. The van der Waals surface area contributed by atoms with Crippen LogP contribution >= 0.6 is 15.9 Å². The van der Waals surface area contributed by atoms with Crippen molar-refractivity contribution < 1.29 is 4.42 Å². The van der Waals surface area contributed by atoms with Gasteiger partial charge in [-0.1, -0.05) is 27.7 Å². The number of hydrogen-bond acceptors (Lipinski definition) is 2. The lowest BCUT2D eigenvalue weighted by Crippen LogP contribution is -2.25. The Balaban J connectivity index is 2.79. The molecule has 1 heterocycles. The normalized spacial score (nSPS) is 14.2. The van der Waals surface area contributed by atoms with Crippen LogP contribution in [-0.4, -0.2) is 6.54 Å². The summed E-state index contributed by atoms with van der Waals surface area (Å²) < 4.78 is 6.57. The van der Waals surface area contributed by atoms with E-state index in [2.05, 4.69) is 48.9 Å². The van der Waals surface area contributed by atoms with Crippen LogP contribution in [0.25, 0.3) is 0 Å². The molecule has 0 aliphatic rings. The first-order chi connectivity index (χ1) is 6.94. The molecule has 0 spiro atoms. The second-order valence-electron chi connectivity index (χ2n) is 5.01. The molecule has 1 aromatic heterocycles. The van der Waals surface area contributed by atoms with Crippen molar-refractivity contribution in [2.45, 2.75) is 40.2 Å². The van der Waals surface area contributed by atoms with Gasteiger partial charge in [0.05, 0.1) is 16.8 Å². The van der Waals surface area contributed by atoms with Crippen molar-refractivity contribution in [2.75, 3.05) is 6.54 Å². The molecule has 3 heteroatoms. The highest BCUT2D eigenvalue weighted by Crippen LogP contribution is 2.33. The second-order valence-corrected chi connectivity index (χ2v) is 5.86. The first-order valence-corrected chi connectivity index (χ1v) is 6.19. The molecule has 0 aromatic carbocycles. The van der Waals surface area contributed by atoms with Crippen LogP contribution in [0, 0.1) is 5.41 Å². The van der Waals surface area contributed by atoms with Gasteiger partial charge in [-0.25, -0.2) is 0 Å². The first-order valence-electron chi connectivity index (χ1n) is 5.40. The molecule has 0 radical (unpaired) electrons. The van der Waals surface area contributed by atoms with E-state index in [-0.39, 0.29) is 0 Å². The Morgan fingerprint density at radius 2 is 2.13 bits per heavy atom. The van der Waals surface area contributed by atoms with Gasteiger partial charge in [-0.2, -0.15) is 0 Å². The Morgan fingerprint density at radius 3 is 2.53 bits per heavy atom. The molecule has 0 aliphatic heterocycles. The molecule has 15 heavy (non-hydrogen) atoms. The molecule has 86 valence electrons. The van der Waals surface area contributed by atoms with Crippen LogP contribution in [0.2, 0.25) is 0 Å². The summed E-state index contributed by atoms with van der Waals surface area (Å²) in [6, 6.07) is 2.24. The lowest BCUT2D eigenvalue weighted by atomic mass is 9.87. The minimum Gasteiger partial charge on any atom is -0.466 e. The molecule has 0 bridgehead atoms. The first kappa shape index (κ1) is 12.8. The van der Waals surface area contributed by atoms with Gasteiger partial charge in [-0.3, -0.25) is 0 Å². The van der Waals surface area contributed by atoms with Crippen molar-refractivity contribution in [1.82, 2.24) is 5.32 Å². The average Bonchev–Trinajstić information content (AvgIpc) is 2.48. The maximum Gasteiger partial charge on any atom is 0.134 e. The minimum absolute atomic E-state index is 0.291. The van der Waals surface area contributed by atoms with Crippen molar-refractivity contribution in [3.8, 4) is 0 Å². The van der Waals surface area contributed by atoms with Crippen LogP contribution in [0.15, 0.2) is 21.2 Å². The Labute approximate surface area is 101 Å². The summed E-state index contributed by atoms with van der Waals surface area (Å²) in [5.74, 6) is 1.01. The molecule has 1 N–H and O–H groups in total. The second kappa shape index (κ2) is 5.17. The Hall–Kier alpha value is -0.280. The summed E-state index contributed by atoms with van der Waals surface area (Å²) in [5.41, 5.74) is 0.291. The molecule has 1 unspecified atom stereocenters. The monoisotopic (exact) mass is 273 g/mol. The van der Waals surface area contributed by atoms with Gasteiger partial charge in [0.15, 0.2) is 0 Å². The maximum absolute atomic E-state index is 5.52. The third-order valence-corrected chi connectivity index (χ3v) is 2.88. The van der Waals surface area contributed by atoms with E-state index in [9.17, 15) is 0 Å². The highest BCUT2D eigenvalue weighted by atomic mass is 79.9. The van der Waals surface area contributed by atoms with E-state index in [0.717, 1.165) is 23.2 Å². The van der Waals surface area contributed by atoms with E-state index < -0.39 is 0 Å². The smallest absolute Gasteiger partial charge is 0.134 e. The zero-order valence-electron chi connectivity index (χ0n) is 9.93. The summed E-state index contributed by atoms with van der Waals surface area (Å²) in [7, 11) is 0. The highest BCUT2D eigenvalue weighted by molar-refractivity contribution is 9.10. The van der Waals surface area contributed by atoms with E-state index in [1.165, 1.54) is 0 Å². The van der Waals surface area contributed by atoms with Crippen molar-refractivity contribution in [3.05, 3.63) is 22.6 Å². The van der Waals surface area contributed by atoms with Crippen LogP contribution in [0.5, 0.6) is 0 Å². The number of halogens is 1. The van der Waals surface area contributed by atoms with Crippen molar-refractivity contribution in [3.63, 3.8) is 0 Å². The maximum atomic E-state index is 5.52. The predicted octanol–water partition coefficient (Wildman–Crippen LogP) is 4.13. The van der Waals surface area contributed by atoms with Crippen molar-refractivity contribution in [1.29, 1.82) is 0 Å².